The minimum Gasteiger partial charge on any atom is -0.381 e. The summed E-state index contributed by atoms with van der Waals surface area (Å²) in [4.78, 5) is 0. The number of ether oxygens (including phenoxy) is 1. The maximum Gasteiger partial charge on any atom is 0.0468 e. The van der Waals surface area contributed by atoms with E-state index in [1.54, 1.807) is 0 Å². The van der Waals surface area contributed by atoms with E-state index in [1.807, 2.05) is 0 Å². The molecule has 1 saturated carbocycles. The highest BCUT2D eigenvalue weighted by Crippen LogP contribution is 2.41. The van der Waals surface area contributed by atoms with Crippen molar-refractivity contribution in [1.82, 2.24) is 0 Å². The number of nitrogens with two attached hydrogens (primary N) is 1. The van der Waals surface area contributed by atoms with Gasteiger partial charge < -0.3 is 10.5 Å². The zero-order chi connectivity index (χ0) is 13.9. The third-order valence-electron chi connectivity index (χ3n) is 5.48. The summed E-state index contributed by atoms with van der Waals surface area (Å²) in [5.74, 6) is 1.66. The fourth-order valence-corrected chi connectivity index (χ4v) is 4.03. The number of hydrogen-bond donors (Lipinski definition) is 1. The van der Waals surface area contributed by atoms with E-state index >= 15 is 0 Å². The fourth-order valence-electron chi connectivity index (χ4n) is 4.03. The molecule has 0 aromatic carbocycles. The molecule has 19 heavy (non-hydrogen) atoms. The lowest BCUT2D eigenvalue weighted by Crippen LogP contribution is -2.42. The first-order valence-electron chi connectivity index (χ1n) is 8.26. The van der Waals surface area contributed by atoms with Gasteiger partial charge in [-0.25, -0.2) is 0 Å². The van der Waals surface area contributed by atoms with E-state index in [2.05, 4.69) is 20.8 Å². The molecule has 0 amide bonds. The molecule has 0 aromatic rings. The van der Waals surface area contributed by atoms with Crippen molar-refractivity contribution in [3.05, 3.63) is 0 Å². The van der Waals surface area contributed by atoms with Gasteiger partial charge in [0, 0.05) is 18.8 Å². The monoisotopic (exact) mass is 267 g/mol. The predicted octanol–water partition coefficient (Wildman–Crippen LogP) is 4.13. The second-order valence-electron chi connectivity index (χ2n) is 8.12. The highest BCUT2D eigenvalue weighted by atomic mass is 16.5. The smallest absolute Gasteiger partial charge is 0.0468 e. The summed E-state index contributed by atoms with van der Waals surface area (Å²) in [5.41, 5.74) is 7.32. The Bertz CT molecular complexity index is 277. The Labute approximate surface area is 119 Å². The molecule has 2 fully saturated rings. The van der Waals surface area contributed by atoms with Crippen LogP contribution in [0.5, 0.6) is 0 Å². The van der Waals surface area contributed by atoms with Gasteiger partial charge in [-0.15, -0.1) is 0 Å². The summed E-state index contributed by atoms with van der Waals surface area (Å²) < 4.78 is 5.47. The minimum atomic E-state index is 0.113. The van der Waals surface area contributed by atoms with E-state index in [0.717, 1.165) is 25.0 Å². The van der Waals surface area contributed by atoms with Gasteiger partial charge >= 0.3 is 0 Å². The Morgan fingerprint density at radius 1 is 1.05 bits per heavy atom. The van der Waals surface area contributed by atoms with E-state index in [-0.39, 0.29) is 5.54 Å². The van der Waals surface area contributed by atoms with Crippen LogP contribution in [0.15, 0.2) is 0 Å². The molecule has 2 aliphatic rings. The molecule has 1 heterocycles. The maximum atomic E-state index is 6.75. The summed E-state index contributed by atoms with van der Waals surface area (Å²) in [6.45, 7) is 9.07. The van der Waals surface area contributed by atoms with Crippen molar-refractivity contribution in [2.75, 3.05) is 13.2 Å². The SMILES string of the molecule is CC(C)(C)C1CCCC(N)(CC2CCOCC2)CC1. The van der Waals surface area contributed by atoms with Crippen molar-refractivity contribution < 1.29 is 4.74 Å². The Kier molecular flexibility index (Phi) is 4.94. The van der Waals surface area contributed by atoms with Gasteiger partial charge in [-0.3, -0.25) is 0 Å². The van der Waals surface area contributed by atoms with Crippen LogP contribution in [0.25, 0.3) is 0 Å². The molecule has 0 radical (unpaired) electrons. The molecule has 1 aliphatic heterocycles. The van der Waals surface area contributed by atoms with Crippen LogP contribution in [0.2, 0.25) is 0 Å². The van der Waals surface area contributed by atoms with Crippen LogP contribution in [0.3, 0.4) is 0 Å². The van der Waals surface area contributed by atoms with Crippen LogP contribution < -0.4 is 5.73 Å². The molecule has 2 atom stereocenters. The van der Waals surface area contributed by atoms with Gasteiger partial charge in [0.25, 0.3) is 0 Å². The third-order valence-corrected chi connectivity index (χ3v) is 5.48. The molecular weight excluding hydrogens is 234 g/mol. The highest BCUT2D eigenvalue weighted by Gasteiger charge is 2.35. The van der Waals surface area contributed by atoms with E-state index in [1.165, 1.54) is 51.4 Å². The van der Waals surface area contributed by atoms with Crippen LogP contribution in [-0.2, 0) is 4.74 Å². The molecule has 2 nitrogen and oxygen atoms in total. The molecule has 1 aliphatic carbocycles. The van der Waals surface area contributed by atoms with E-state index in [9.17, 15) is 0 Å². The lowest BCUT2D eigenvalue weighted by molar-refractivity contribution is 0.0545. The standard InChI is InChI=1S/C17H33NO/c1-16(2,3)15-5-4-9-17(18,10-6-15)13-14-7-11-19-12-8-14/h14-15H,4-13,18H2,1-3H3. The Morgan fingerprint density at radius 3 is 2.37 bits per heavy atom. The molecule has 0 aromatic heterocycles. The second-order valence-corrected chi connectivity index (χ2v) is 8.12. The molecular formula is C17H33NO. The lowest BCUT2D eigenvalue weighted by Gasteiger charge is -2.35. The van der Waals surface area contributed by atoms with Gasteiger partial charge in [-0.1, -0.05) is 27.2 Å². The van der Waals surface area contributed by atoms with E-state index in [4.69, 9.17) is 10.5 Å². The van der Waals surface area contributed by atoms with E-state index < -0.39 is 0 Å². The Balaban J connectivity index is 1.89. The first-order chi connectivity index (χ1) is 8.89. The molecule has 0 bridgehead atoms. The van der Waals surface area contributed by atoms with Gasteiger partial charge in [0.15, 0.2) is 0 Å². The lowest BCUT2D eigenvalue weighted by atomic mass is 9.75. The summed E-state index contributed by atoms with van der Waals surface area (Å²) >= 11 is 0. The Morgan fingerprint density at radius 2 is 1.74 bits per heavy atom. The average Bonchev–Trinajstić information content (AvgIpc) is 2.52. The predicted molar refractivity (Wildman–Crippen MR) is 81.1 cm³/mol. The van der Waals surface area contributed by atoms with E-state index in [0.29, 0.717) is 5.41 Å². The fraction of sp³-hybridized carbons (Fsp3) is 1.00. The van der Waals surface area contributed by atoms with Gasteiger partial charge in [-0.2, -0.15) is 0 Å². The highest BCUT2D eigenvalue weighted by molar-refractivity contribution is 4.92. The quantitative estimate of drug-likeness (QED) is 0.764. The zero-order valence-corrected chi connectivity index (χ0v) is 13.2. The van der Waals surface area contributed by atoms with Gasteiger partial charge in [0.05, 0.1) is 0 Å². The zero-order valence-electron chi connectivity index (χ0n) is 13.2. The van der Waals surface area contributed by atoms with Crippen LogP contribution in [0, 0.1) is 17.3 Å². The van der Waals surface area contributed by atoms with Crippen LogP contribution in [0.1, 0.15) is 72.1 Å². The van der Waals surface area contributed by atoms with Crippen molar-refractivity contribution >= 4 is 0 Å². The van der Waals surface area contributed by atoms with Crippen molar-refractivity contribution in [3.8, 4) is 0 Å². The Hall–Kier alpha value is -0.0800. The van der Waals surface area contributed by atoms with Crippen LogP contribution in [-0.4, -0.2) is 18.8 Å². The largest absolute Gasteiger partial charge is 0.381 e. The van der Waals surface area contributed by atoms with Gasteiger partial charge in [0.2, 0.25) is 0 Å². The first-order valence-corrected chi connectivity index (χ1v) is 8.26. The molecule has 1 saturated heterocycles. The van der Waals surface area contributed by atoms with Crippen molar-refractivity contribution in [2.24, 2.45) is 23.0 Å². The molecule has 0 spiro atoms. The summed E-state index contributed by atoms with van der Waals surface area (Å²) in [6.07, 6.45) is 10.2. The third kappa shape index (κ3) is 4.46. The molecule has 2 rings (SSSR count). The van der Waals surface area contributed by atoms with Crippen LogP contribution in [0.4, 0.5) is 0 Å². The summed E-state index contributed by atoms with van der Waals surface area (Å²) in [5, 5.41) is 0. The summed E-state index contributed by atoms with van der Waals surface area (Å²) in [6, 6.07) is 0. The van der Waals surface area contributed by atoms with Gasteiger partial charge in [-0.05, 0) is 62.2 Å². The maximum absolute atomic E-state index is 6.75. The average molecular weight is 267 g/mol. The van der Waals surface area contributed by atoms with Crippen molar-refractivity contribution in [1.29, 1.82) is 0 Å². The minimum absolute atomic E-state index is 0.113. The van der Waals surface area contributed by atoms with Crippen molar-refractivity contribution in [3.63, 3.8) is 0 Å². The molecule has 112 valence electrons. The molecule has 2 heteroatoms. The number of rotatable bonds is 2. The molecule has 2 unspecified atom stereocenters. The summed E-state index contributed by atoms with van der Waals surface area (Å²) in [7, 11) is 0. The van der Waals surface area contributed by atoms with Crippen molar-refractivity contribution in [2.45, 2.75) is 77.7 Å². The first kappa shape index (κ1) is 15.3. The van der Waals surface area contributed by atoms with Crippen LogP contribution >= 0.6 is 0 Å². The topological polar surface area (TPSA) is 35.2 Å². The molecule has 2 N–H and O–H groups in total. The van der Waals surface area contributed by atoms with Gasteiger partial charge in [0.1, 0.15) is 0 Å². The number of hydrogen-bond acceptors (Lipinski definition) is 2. The second kappa shape index (κ2) is 6.13. The normalized spacial score (nSPS) is 35.1.